The summed E-state index contributed by atoms with van der Waals surface area (Å²) in [6, 6.07) is 0.708. The Morgan fingerprint density at radius 3 is 1.90 bits per heavy atom. The van der Waals surface area contributed by atoms with Crippen LogP contribution in [0.1, 0.15) is 52.4 Å². The van der Waals surface area contributed by atoms with Crippen LogP contribution in [0.15, 0.2) is 0 Å². The summed E-state index contributed by atoms with van der Waals surface area (Å²) in [6.07, 6.45) is 9.20. The first-order chi connectivity index (χ1) is 9.50. The van der Waals surface area contributed by atoms with Gasteiger partial charge in [0.1, 0.15) is 0 Å². The van der Waals surface area contributed by atoms with Crippen molar-refractivity contribution in [1.29, 1.82) is 0 Å². The van der Waals surface area contributed by atoms with E-state index in [1.807, 2.05) is 0 Å². The SMILES string of the molecule is CNC(CN(C)CC(C)C)C12CC3CC(CC(C3)C1)C2. The molecule has 4 fully saturated rings. The molecule has 0 aromatic heterocycles. The van der Waals surface area contributed by atoms with Gasteiger partial charge in [-0.25, -0.2) is 0 Å². The van der Waals surface area contributed by atoms with Gasteiger partial charge in [0.25, 0.3) is 0 Å². The van der Waals surface area contributed by atoms with Gasteiger partial charge in [-0.05, 0) is 81.7 Å². The van der Waals surface area contributed by atoms with Gasteiger partial charge in [-0.3, -0.25) is 0 Å². The summed E-state index contributed by atoms with van der Waals surface area (Å²) < 4.78 is 0. The molecule has 2 heteroatoms. The van der Waals surface area contributed by atoms with Gasteiger partial charge in [0.15, 0.2) is 0 Å². The summed E-state index contributed by atoms with van der Waals surface area (Å²) >= 11 is 0. The molecular formula is C18H34N2. The maximum Gasteiger partial charge on any atom is 0.0248 e. The zero-order valence-corrected chi connectivity index (χ0v) is 14.0. The molecule has 4 aliphatic carbocycles. The third-order valence-electron chi connectivity index (χ3n) is 6.34. The first kappa shape index (κ1) is 14.8. The number of hydrogen-bond donors (Lipinski definition) is 1. The third kappa shape index (κ3) is 2.78. The molecule has 0 spiro atoms. The van der Waals surface area contributed by atoms with Gasteiger partial charge in [-0.2, -0.15) is 0 Å². The lowest BCUT2D eigenvalue weighted by Gasteiger charge is -2.60. The molecule has 4 rings (SSSR count). The van der Waals surface area contributed by atoms with E-state index in [4.69, 9.17) is 0 Å². The quantitative estimate of drug-likeness (QED) is 0.801. The summed E-state index contributed by atoms with van der Waals surface area (Å²) in [6.45, 7) is 7.12. The molecule has 116 valence electrons. The smallest absolute Gasteiger partial charge is 0.0248 e. The average Bonchev–Trinajstić information content (AvgIpc) is 2.33. The Labute approximate surface area is 125 Å². The molecule has 20 heavy (non-hydrogen) atoms. The van der Waals surface area contributed by atoms with Crippen molar-refractivity contribution in [2.24, 2.45) is 29.1 Å². The van der Waals surface area contributed by atoms with Crippen LogP contribution in [0.25, 0.3) is 0 Å². The maximum atomic E-state index is 3.72. The second-order valence-corrected chi connectivity index (χ2v) is 8.74. The fourth-order valence-electron chi connectivity index (χ4n) is 6.21. The largest absolute Gasteiger partial charge is 0.315 e. The Kier molecular flexibility index (Phi) is 4.16. The van der Waals surface area contributed by atoms with Crippen LogP contribution in [-0.2, 0) is 0 Å². The minimum atomic E-state index is 0.634. The lowest BCUT2D eigenvalue weighted by molar-refractivity contribution is -0.0768. The standard InChI is InChI=1S/C18H34N2/c1-13(2)11-20(4)12-17(19-3)18-8-14-5-15(9-18)7-16(6-14)10-18/h13-17,19H,5-12H2,1-4H3. The van der Waals surface area contributed by atoms with E-state index in [1.54, 1.807) is 19.3 Å². The summed E-state index contributed by atoms with van der Waals surface area (Å²) in [5, 5.41) is 3.72. The first-order valence-electron chi connectivity index (χ1n) is 8.86. The average molecular weight is 278 g/mol. The summed E-state index contributed by atoms with van der Waals surface area (Å²) in [5.41, 5.74) is 0.634. The van der Waals surface area contributed by atoms with Gasteiger partial charge in [-0.15, -0.1) is 0 Å². The molecule has 4 saturated carbocycles. The summed E-state index contributed by atoms with van der Waals surface area (Å²) in [4.78, 5) is 2.56. The van der Waals surface area contributed by atoms with Crippen LogP contribution in [0, 0.1) is 29.1 Å². The molecule has 0 saturated heterocycles. The molecule has 0 aromatic rings. The van der Waals surface area contributed by atoms with Crippen LogP contribution < -0.4 is 5.32 Å². The van der Waals surface area contributed by atoms with Crippen molar-refractivity contribution in [2.45, 2.75) is 58.4 Å². The molecule has 0 aliphatic heterocycles. The maximum absolute atomic E-state index is 3.72. The fraction of sp³-hybridized carbons (Fsp3) is 1.00. The molecule has 0 amide bonds. The van der Waals surface area contributed by atoms with Gasteiger partial charge in [0.05, 0.1) is 0 Å². The van der Waals surface area contributed by atoms with Crippen molar-refractivity contribution in [1.82, 2.24) is 10.2 Å². The first-order valence-corrected chi connectivity index (χ1v) is 8.86. The fourth-order valence-corrected chi connectivity index (χ4v) is 6.21. The van der Waals surface area contributed by atoms with Crippen molar-refractivity contribution in [3.05, 3.63) is 0 Å². The predicted octanol–water partition coefficient (Wildman–Crippen LogP) is 3.38. The van der Waals surface area contributed by atoms with E-state index in [0.29, 0.717) is 11.5 Å². The van der Waals surface area contributed by atoms with Crippen molar-refractivity contribution in [3.63, 3.8) is 0 Å². The summed E-state index contributed by atoms with van der Waals surface area (Å²) in [5.74, 6) is 3.96. The monoisotopic (exact) mass is 278 g/mol. The minimum absolute atomic E-state index is 0.634. The third-order valence-corrected chi connectivity index (χ3v) is 6.34. The summed E-state index contributed by atoms with van der Waals surface area (Å²) in [7, 11) is 4.51. The van der Waals surface area contributed by atoms with Crippen LogP contribution in [0.3, 0.4) is 0 Å². The van der Waals surface area contributed by atoms with Gasteiger partial charge in [-0.1, -0.05) is 13.8 Å². The molecular weight excluding hydrogens is 244 g/mol. The highest BCUT2D eigenvalue weighted by atomic mass is 15.1. The second-order valence-electron chi connectivity index (χ2n) is 8.74. The predicted molar refractivity (Wildman–Crippen MR) is 85.8 cm³/mol. The van der Waals surface area contributed by atoms with Crippen molar-refractivity contribution in [3.8, 4) is 0 Å². The zero-order valence-electron chi connectivity index (χ0n) is 14.0. The lowest BCUT2D eigenvalue weighted by Crippen LogP contribution is -2.58. The second kappa shape index (κ2) is 5.61. The van der Waals surface area contributed by atoms with E-state index in [0.717, 1.165) is 23.7 Å². The van der Waals surface area contributed by atoms with E-state index < -0.39 is 0 Å². The molecule has 0 aromatic carbocycles. The van der Waals surface area contributed by atoms with Crippen LogP contribution in [0.2, 0.25) is 0 Å². The lowest BCUT2D eigenvalue weighted by atomic mass is 9.47. The van der Waals surface area contributed by atoms with E-state index in [-0.39, 0.29) is 0 Å². The van der Waals surface area contributed by atoms with E-state index in [1.165, 1.54) is 32.4 Å². The molecule has 2 nitrogen and oxygen atoms in total. The Morgan fingerprint density at radius 1 is 1.00 bits per heavy atom. The van der Waals surface area contributed by atoms with Crippen LogP contribution in [0.5, 0.6) is 0 Å². The van der Waals surface area contributed by atoms with Gasteiger partial charge in [0.2, 0.25) is 0 Å². The van der Waals surface area contributed by atoms with Crippen molar-refractivity contribution >= 4 is 0 Å². The number of likely N-dealkylation sites (N-methyl/N-ethyl adjacent to an activating group) is 2. The van der Waals surface area contributed by atoms with Crippen LogP contribution in [0.4, 0.5) is 0 Å². The van der Waals surface area contributed by atoms with Gasteiger partial charge >= 0.3 is 0 Å². The van der Waals surface area contributed by atoms with Gasteiger partial charge in [0, 0.05) is 19.1 Å². The minimum Gasteiger partial charge on any atom is -0.315 e. The topological polar surface area (TPSA) is 15.3 Å². The van der Waals surface area contributed by atoms with E-state index in [2.05, 4.69) is 38.2 Å². The normalized spacial score (nSPS) is 40.8. The molecule has 4 aliphatic rings. The number of hydrogen-bond acceptors (Lipinski definition) is 2. The highest BCUT2D eigenvalue weighted by molar-refractivity contribution is 5.06. The van der Waals surface area contributed by atoms with E-state index >= 15 is 0 Å². The highest BCUT2D eigenvalue weighted by Crippen LogP contribution is 2.61. The zero-order chi connectivity index (χ0) is 14.3. The number of nitrogens with zero attached hydrogens (tertiary/aromatic N) is 1. The number of nitrogens with one attached hydrogen (secondary N) is 1. The molecule has 4 bridgehead atoms. The van der Waals surface area contributed by atoms with Gasteiger partial charge < -0.3 is 10.2 Å². The Hall–Kier alpha value is -0.0800. The molecule has 1 N–H and O–H groups in total. The Balaban J connectivity index is 1.69. The molecule has 0 radical (unpaired) electrons. The highest BCUT2D eigenvalue weighted by Gasteiger charge is 2.53. The Morgan fingerprint density at radius 2 is 1.50 bits per heavy atom. The number of rotatable bonds is 6. The molecule has 0 heterocycles. The van der Waals surface area contributed by atoms with Crippen LogP contribution in [-0.4, -0.2) is 38.1 Å². The van der Waals surface area contributed by atoms with Crippen molar-refractivity contribution in [2.75, 3.05) is 27.2 Å². The van der Waals surface area contributed by atoms with E-state index in [9.17, 15) is 0 Å². The van der Waals surface area contributed by atoms with Crippen molar-refractivity contribution < 1.29 is 0 Å². The molecule has 1 unspecified atom stereocenters. The van der Waals surface area contributed by atoms with Crippen LogP contribution >= 0.6 is 0 Å². The molecule has 1 atom stereocenters. The Bertz CT molecular complexity index is 301.